The highest BCUT2D eigenvalue weighted by atomic mass is 35.5. The van der Waals surface area contributed by atoms with Crippen molar-refractivity contribution in [1.29, 1.82) is 0 Å². The SMILES string of the molecule is CCCNC(C)c1ccc(F)cc1-c1cc(Cl)cc(Cl)c1. The summed E-state index contributed by atoms with van der Waals surface area (Å²) in [4.78, 5) is 0. The second kappa shape index (κ2) is 7.26. The molecule has 0 aliphatic rings. The highest BCUT2D eigenvalue weighted by molar-refractivity contribution is 6.35. The van der Waals surface area contributed by atoms with E-state index in [1.165, 1.54) is 12.1 Å². The van der Waals surface area contributed by atoms with Crippen LogP contribution in [0.2, 0.25) is 10.0 Å². The van der Waals surface area contributed by atoms with Crippen LogP contribution in [0.3, 0.4) is 0 Å². The number of nitrogens with one attached hydrogen (secondary N) is 1. The lowest BCUT2D eigenvalue weighted by Gasteiger charge is -2.18. The van der Waals surface area contributed by atoms with E-state index in [-0.39, 0.29) is 11.9 Å². The van der Waals surface area contributed by atoms with Crippen LogP contribution in [0.25, 0.3) is 11.1 Å². The van der Waals surface area contributed by atoms with Crippen LogP contribution in [-0.2, 0) is 0 Å². The normalized spacial score (nSPS) is 12.4. The molecule has 2 aromatic rings. The molecule has 0 aliphatic carbocycles. The molecule has 0 radical (unpaired) electrons. The van der Waals surface area contributed by atoms with Gasteiger partial charge in [-0.2, -0.15) is 0 Å². The zero-order valence-electron chi connectivity index (χ0n) is 12.1. The Hall–Kier alpha value is -1.09. The average Bonchev–Trinajstić information content (AvgIpc) is 2.43. The Labute approximate surface area is 135 Å². The van der Waals surface area contributed by atoms with Crippen LogP contribution >= 0.6 is 23.2 Å². The highest BCUT2D eigenvalue weighted by Crippen LogP contribution is 2.32. The fraction of sp³-hybridized carbons (Fsp3) is 0.294. The van der Waals surface area contributed by atoms with Crippen LogP contribution in [0.15, 0.2) is 36.4 Å². The Bertz CT molecular complexity index is 608. The molecule has 1 nitrogen and oxygen atoms in total. The Kier molecular flexibility index (Phi) is 5.63. The van der Waals surface area contributed by atoms with Gasteiger partial charge in [0.05, 0.1) is 0 Å². The molecule has 0 saturated carbocycles. The van der Waals surface area contributed by atoms with Crippen molar-refractivity contribution in [3.63, 3.8) is 0 Å². The van der Waals surface area contributed by atoms with Crippen molar-refractivity contribution in [3.05, 3.63) is 57.8 Å². The number of hydrogen-bond acceptors (Lipinski definition) is 1. The zero-order valence-corrected chi connectivity index (χ0v) is 13.6. The summed E-state index contributed by atoms with van der Waals surface area (Å²) in [7, 11) is 0. The van der Waals surface area contributed by atoms with Gasteiger partial charge in [0, 0.05) is 16.1 Å². The molecule has 112 valence electrons. The van der Waals surface area contributed by atoms with Crippen LogP contribution in [-0.4, -0.2) is 6.54 Å². The van der Waals surface area contributed by atoms with Crippen LogP contribution in [0.4, 0.5) is 4.39 Å². The van der Waals surface area contributed by atoms with Gasteiger partial charge in [0.25, 0.3) is 0 Å². The first-order valence-corrected chi connectivity index (χ1v) is 7.76. The minimum absolute atomic E-state index is 0.123. The molecule has 0 aromatic heterocycles. The molecule has 0 fully saturated rings. The third-order valence-electron chi connectivity index (χ3n) is 3.36. The maximum Gasteiger partial charge on any atom is 0.123 e. The lowest BCUT2D eigenvalue weighted by atomic mass is 9.95. The van der Waals surface area contributed by atoms with Crippen molar-refractivity contribution in [3.8, 4) is 11.1 Å². The van der Waals surface area contributed by atoms with Gasteiger partial charge >= 0.3 is 0 Å². The average molecular weight is 326 g/mol. The monoisotopic (exact) mass is 325 g/mol. The van der Waals surface area contributed by atoms with E-state index in [0.717, 1.165) is 29.7 Å². The molecule has 2 rings (SSSR count). The van der Waals surface area contributed by atoms with Crippen molar-refractivity contribution in [2.24, 2.45) is 0 Å². The topological polar surface area (TPSA) is 12.0 Å². The van der Waals surface area contributed by atoms with E-state index in [1.807, 2.05) is 6.07 Å². The van der Waals surface area contributed by atoms with E-state index >= 15 is 0 Å². The van der Waals surface area contributed by atoms with Gasteiger partial charge in [-0.05, 0) is 66.9 Å². The molecule has 0 spiro atoms. The van der Waals surface area contributed by atoms with Crippen molar-refractivity contribution in [2.45, 2.75) is 26.3 Å². The number of hydrogen-bond donors (Lipinski definition) is 1. The van der Waals surface area contributed by atoms with Crippen LogP contribution in [0, 0.1) is 5.82 Å². The standard InChI is InChI=1S/C17H18Cl2FN/c1-3-6-21-11(2)16-5-4-15(20)10-17(16)12-7-13(18)9-14(19)8-12/h4-5,7-11,21H,3,6H2,1-2H3. The van der Waals surface area contributed by atoms with Gasteiger partial charge in [-0.3, -0.25) is 0 Å². The highest BCUT2D eigenvalue weighted by Gasteiger charge is 2.13. The largest absolute Gasteiger partial charge is 0.310 e. The predicted octanol–water partition coefficient (Wildman–Crippen LogP) is 5.86. The van der Waals surface area contributed by atoms with Crippen molar-refractivity contribution >= 4 is 23.2 Å². The predicted molar refractivity (Wildman–Crippen MR) is 88.6 cm³/mol. The van der Waals surface area contributed by atoms with Gasteiger partial charge in [0.2, 0.25) is 0 Å². The summed E-state index contributed by atoms with van der Waals surface area (Å²) in [6, 6.07) is 10.2. The van der Waals surface area contributed by atoms with Crippen LogP contribution in [0.5, 0.6) is 0 Å². The molecule has 21 heavy (non-hydrogen) atoms. The quantitative estimate of drug-likeness (QED) is 0.725. The smallest absolute Gasteiger partial charge is 0.123 e. The summed E-state index contributed by atoms with van der Waals surface area (Å²) in [6.45, 7) is 5.09. The van der Waals surface area contributed by atoms with Crippen LogP contribution < -0.4 is 5.32 Å². The third kappa shape index (κ3) is 4.19. The molecule has 0 bridgehead atoms. The van der Waals surface area contributed by atoms with E-state index < -0.39 is 0 Å². The van der Waals surface area contributed by atoms with Gasteiger partial charge in [-0.25, -0.2) is 4.39 Å². The molecule has 0 amide bonds. The third-order valence-corrected chi connectivity index (χ3v) is 3.79. The maximum atomic E-state index is 13.7. The van der Waals surface area contributed by atoms with Gasteiger partial charge in [0.15, 0.2) is 0 Å². The van der Waals surface area contributed by atoms with Crippen molar-refractivity contribution in [1.82, 2.24) is 5.32 Å². The Morgan fingerprint density at radius 2 is 1.76 bits per heavy atom. The fourth-order valence-corrected chi connectivity index (χ4v) is 2.86. The number of rotatable bonds is 5. The molecular formula is C17H18Cl2FN. The van der Waals surface area contributed by atoms with Crippen molar-refractivity contribution < 1.29 is 4.39 Å². The van der Waals surface area contributed by atoms with Gasteiger partial charge < -0.3 is 5.32 Å². The molecule has 0 aliphatic heterocycles. The summed E-state index contributed by atoms with van der Waals surface area (Å²) in [6.07, 6.45) is 1.05. The summed E-state index contributed by atoms with van der Waals surface area (Å²) >= 11 is 12.1. The molecule has 0 heterocycles. The minimum atomic E-state index is -0.271. The first kappa shape index (κ1) is 16.3. The second-order valence-electron chi connectivity index (χ2n) is 5.07. The molecule has 1 unspecified atom stereocenters. The second-order valence-corrected chi connectivity index (χ2v) is 5.94. The molecule has 2 aromatic carbocycles. The number of benzene rings is 2. The van der Waals surface area contributed by atoms with E-state index in [1.54, 1.807) is 18.2 Å². The first-order chi connectivity index (χ1) is 10.0. The molecule has 4 heteroatoms. The Morgan fingerprint density at radius 3 is 2.38 bits per heavy atom. The van der Waals surface area contributed by atoms with E-state index in [9.17, 15) is 4.39 Å². The Balaban J connectivity index is 2.48. The molecular weight excluding hydrogens is 308 g/mol. The Morgan fingerprint density at radius 1 is 1.10 bits per heavy atom. The zero-order chi connectivity index (χ0) is 15.4. The molecule has 0 saturated heterocycles. The van der Waals surface area contributed by atoms with Crippen LogP contribution in [0.1, 0.15) is 31.9 Å². The van der Waals surface area contributed by atoms with Gasteiger partial charge in [0.1, 0.15) is 5.82 Å². The summed E-state index contributed by atoms with van der Waals surface area (Å²) < 4.78 is 13.7. The molecule has 1 atom stereocenters. The lowest BCUT2D eigenvalue weighted by Crippen LogP contribution is -2.20. The first-order valence-electron chi connectivity index (χ1n) is 7.00. The minimum Gasteiger partial charge on any atom is -0.310 e. The summed E-state index contributed by atoms with van der Waals surface area (Å²) in [5.41, 5.74) is 2.67. The van der Waals surface area contributed by atoms with Gasteiger partial charge in [-0.1, -0.05) is 36.2 Å². The summed E-state index contributed by atoms with van der Waals surface area (Å²) in [5, 5.41) is 4.51. The van der Waals surface area contributed by atoms with Crippen molar-refractivity contribution in [2.75, 3.05) is 6.54 Å². The van der Waals surface area contributed by atoms with E-state index in [4.69, 9.17) is 23.2 Å². The fourth-order valence-electron chi connectivity index (χ4n) is 2.34. The number of halogens is 3. The van der Waals surface area contributed by atoms with E-state index in [0.29, 0.717) is 10.0 Å². The molecule has 1 N–H and O–H groups in total. The summed E-state index contributed by atoms with van der Waals surface area (Å²) in [5.74, 6) is -0.271. The van der Waals surface area contributed by atoms with E-state index in [2.05, 4.69) is 19.2 Å². The lowest BCUT2D eigenvalue weighted by molar-refractivity contribution is 0.569. The maximum absolute atomic E-state index is 13.7. The van der Waals surface area contributed by atoms with Gasteiger partial charge in [-0.15, -0.1) is 0 Å².